The van der Waals surface area contributed by atoms with Crippen molar-refractivity contribution >= 4 is 28.5 Å². The minimum absolute atomic E-state index is 0.108. The van der Waals surface area contributed by atoms with Gasteiger partial charge >= 0.3 is 6.18 Å². The van der Waals surface area contributed by atoms with Gasteiger partial charge in [-0.15, -0.1) is 0 Å². The van der Waals surface area contributed by atoms with Crippen molar-refractivity contribution < 1.29 is 22.8 Å². The largest absolute Gasteiger partial charge is 0.416 e. The Balaban J connectivity index is 1.66. The van der Waals surface area contributed by atoms with Crippen molar-refractivity contribution in [2.45, 2.75) is 32.9 Å². The predicted octanol–water partition coefficient (Wildman–Crippen LogP) is 5.81. The van der Waals surface area contributed by atoms with Gasteiger partial charge in [0.15, 0.2) is 0 Å². The Morgan fingerprint density at radius 3 is 2.35 bits per heavy atom. The first-order chi connectivity index (χ1) is 17.6. The molecule has 1 heterocycles. The number of nitrogens with one attached hydrogen (secondary N) is 2. The molecule has 0 unspecified atom stereocenters. The second-order valence-corrected chi connectivity index (χ2v) is 8.54. The first-order valence-electron chi connectivity index (χ1n) is 11.8. The summed E-state index contributed by atoms with van der Waals surface area (Å²) in [6, 6.07) is 17.2. The van der Waals surface area contributed by atoms with E-state index < -0.39 is 17.6 Å². The Kier molecular flexibility index (Phi) is 7.52. The molecule has 2 N–H and O–H groups in total. The minimum Gasteiger partial charge on any atom is -0.356 e. The molecule has 2 amide bonds. The molecular formula is C28H25F3N4O2. The molecule has 3 aromatic carbocycles. The van der Waals surface area contributed by atoms with Gasteiger partial charge in [-0.05, 0) is 48.4 Å². The van der Waals surface area contributed by atoms with Crippen molar-refractivity contribution in [3.8, 4) is 11.3 Å². The molecular weight excluding hydrogens is 481 g/mol. The number of nitrogens with zero attached hydrogens (tertiary/aromatic N) is 2. The molecule has 0 saturated carbocycles. The fraction of sp³-hybridized carbons (Fsp3) is 0.214. The summed E-state index contributed by atoms with van der Waals surface area (Å²) >= 11 is 0. The number of carbonyl (C=O) groups excluding carboxylic acids is 2. The van der Waals surface area contributed by atoms with Crippen LogP contribution in [-0.4, -0.2) is 28.3 Å². The third kappa shape index (κ3) is 6.30. The van der Waals surface area contributed by atoms with Crippen molar-refractivity contribution in [3.05, 3.63) is 89.1 Å². The number of aromatic nitrogens is 2. The lowest BCUT2D eigenvalue weighted by atomic mass is 10.0. The lowest BCUT2D eigenvalue weighted by Crippen LogP contribution is -2.23. The van der Waals surface area contributed by atoms with Crippen LogP contribution >= 0.6 is 0 Å². The molecule has 37 heavy (non-hydrogen) atoms. The summed E-state index contributed by atoms with van der Waals surface area (Å²) in [6.07, 6.45) is -3.20. The number of halogens is 3. The fourth-order valence-corrected chi connectivity index (χ4v) is 3.87. The van der Waals surface area contributed by atoms with Crippen LogP contribution in [0.1, 0.15) is 41.0 Å². The summed E-state index contributed by atoms with van der Waals surface area (Å²) < 4.78 is 39.1. The fourth-order valence-electron chi connectivity index (χ4n) is 3.87. The van der Waals surface area contributed by atoms with Crippen molar-refractivity contribution in [2.24, 2.45) is 0 Å². The number of aryl methyl sites for hydroxylation is 1. The normalized spacial score (nSPS) is 11.4. The lowest BCUT2D eigenvalue weighted by Gasteiger charge is -2.13. The monoisotopic (exact) mass is 506 g/mol. The van der Waals surface area contributed by atoms with Crippen LogP contribution in [0.15, 0.2) is 66.7 Å². The molecule has 9 heteroatoms. The van der Waals surface area contributed by atoms with Gasteiger partial charge in [0.2, 0.25) is 5.91 Å². The van der Waals surface area contributed by atoms with Gasteiger partial charge in [-0.3, -0.25) is 9.59 Å². The van der Waals surface area contributed by atoms with Gasteiger partial charge in [0.25, 0.3) is 5.91 Å². The molecule has 6 nitrogen and oxygen atoms in total. The number of hydrogen-bond donors (Lipinski definition) is 2. The highest BCUT2D eigenvalue weighted by Crippen LogP contribution is 2.30. The van der Waals surface area contributed by atoms with E-state index >= 15 is 0 Å². The summed E-state index contributed by atoms with van der Waals surface area (Å²) in [6.45, 7) is 3.89. The van der Waals surface area contributed by atoms with Crippen LogP contribution in [0.2, 0.25) is 0 Å². The molecule has 0 atom stereocenters. The Labute approximate surface area is 212 Å². The van der Waals surface area contributed by atoms with E-state index in [1.807, 2.05) is 24.3 Å². The molecule has 0 radical (unpaired) electrons. The standard InChI is InChI=1S/C28H25F3N4O2/c1-3-18-7-9-19(10-8-18)26-24(13-14-32-17(2)36)34-25-16-22(11-12-23(25)35-26)33-27(37)20-5-4-6-21(15-20)28(29,30)31/h4-12,15-16H,3,13-14H2,1-2H3,(H,32,36)(H,33,37). The molecule has 4 rings (SSSR count). The highest BCUT2D eigenvalue weighted by atomic mass is 19.4. The van der Waals surface area contributed by atoms with E-state index in [1.54, 1.807) is 18.2 Å². The SMILES string of the molecule is CCc1ccc(-c2nc3ccc(NC(=O)c4cccc(C(F)(F)F)c4)cc3nc2CCNC(C)=O)cc1. The number of fused-ring (bicyclic) bond motifs is 1. The maximum atomic E-state index is 13.0. The van der Waals surface area contributed by atoms with Crippen LogP contribution in [0.4, 0.5) is 18.9 Å². The zero-order chi connectivity index (χ0) is 26.6. The molecule has 0 aliphatic heterocycles. The van der Waals surface area contributed by atoms with Gasteiger partial charge in [0, 0.05) is 36.7 Å². The van der Waals surface area contributed by atoms with Gasteiger partial charge in [-0.1, -0.05) is 37.3 Å². The third-order valence-corrected chi connectivity index (χ3v) is 5.82. The van der Waals surface area contributed by atoms with Crippen LogP contribution < -0.4 is 10.6 Å². The van der Waals surface area contributed by atoms with Gasteiger partial charge in [0.05, 0.1) is 28.0 Å². The average molecular weight is 507 g/mol. The van der Waals surface area contributed by atoms with Gasteiger partial charge in [-0.25, -0.2) is 9.97 Å². The van der Waals surface area contributed by atoms with Crippen molar-refractivity contribution in [1.82, 2.24) is 15.3 Å². The molecule has 0 fully saturated rings. The molecule has 0 aliphatic rings. The van der Waals surface area contributed by atoms with Crippen LogP contribution in [0.25, 0.3) is 22.3 Å². The molecule has 1 aromatic heterocycles. The number of alkyl halides is 3. The quantitative estimate of drug-likeness (QED) is 0.331. The molecule has 0 bridgehead atoms. The number of rotatable bonds is 7. The number of hydrogen-bond acceptors (Lipinski definition) is 4. The third-order valence-electron chi connectivity index (χ3n) is 5.82. The predicted molar refractivity (Wildman–Crippen MR) is 136 cm³/mol. The maximum Gasteiger partial charge on any atom is 0.416 e. The van der Waals surface area contributed by atoms with Gasteiger partial charge in [-0.2, -0.15) is 13.2 Å². The number of amides is 2. The Morgan fingerprint density at radius 2 is 1.68 bits per heavy atom. The molecule has 0 spiro atoms. The molecule has 0 aliphatic carbocycles. The first-order valence-corrected chi connectivity index (χ1v) is 11.8. The zero-order valence-electron chi connectivity index (χ0n) is 20.3. The summed E-state index contributed by atoms with van der Waals surface area (Å²) in [5, 5.41) is 5.40. The smallest absolute Gasteiger partial charge is 0.356 e. The molecule has 190 valence electrons. The second kappa shape index (κ2) is 10.8. The Morgan fingerprint density at radius 1 is 0.919 bits per heavy atom. The number of benzene rings is 3. The van der Waals surface area contributed by atoms with Crippen molar-refractivity contribution in [1.29, 1.82) is 0 Å². The summed E-state index contributed by atoms with van der Waals surface area (Å²) in [7, 11) is 0. The first kappa shape index (κ1) is 25.8. The van der Waals surface area contributed by atoms with E-state index in [-0.39, 0.29) is 11.5 Å². The van der Waals surface area contributed by atoms with Gasteiger partial charge in [0.1, 0.15) is 0 Å². The van der Waals surface area contributed by atoms with E-state index in [1.165, 1.54) is 24.6 Å². The van der Waals surface area contributed by atoms with Crippen molar-refractivity contribution in [2.75, 3.05) is 11.9 Å². The highest BCUT2D eigenvalue weighted by molar-refractivity contribution is 6.05. The van der Waals surface area contributed by atoms with E-state index in [2.05, 4.69) is 17.6 Å². The van der Waals surface area contributed by atoms with E-state index in [9.17, 15) is 22.8 Å². The molecule has 4 aromatic rings. The number of anilines is 1. The Bertz CT molecular complexity index is 1450. The zero-order valence-corrected chi connectivity index (χ0v) is 20.3. The summed E-state index contributed by atoms with van der Waals surface area (Å²) in [5.41, 5.74) is 3.93. The molecule has 0 saturated heterocycles. The van der Waals surface area contributed by atoms with E-state index in [4.69, 9.17) is 9.97 Å². The van der Waals surface area contributed by atoms with Crippen LogP contribution in [-0.2, 0) is 23.8 Å². The van der Waals surface area contributed by atoms with Crippen LogP contribution in [0.3, 0.4) is 0 Å². The minimum atomic E-state index is -4.54. The summed E-state index contributed by atoms with van der Waals surface area (Å²) in [5.74, 6) is -0.820. The van der Waals surface area contributed by atoms with Crippen molar-refractivity contribution in [3.63, 3.8) is 0 Å². The lowest BCUT2D eigenvalue weighted by molar-refractivity contribution is -0.137. The second-order valence-electron chi connectivity index (χ2n) is 8.54. The van der Waals surface area contributed by atoms with E-state index in [0.29, 0.717) is 41.1 Å². The topological polar surface area (TPSA) is 84.0 Å². The van der Waals surface area contributed by atoms with E-state index in [0.717, 1.165) is 24.1 Å². The maximum absolute atomic E-state index is 13.0. The van der Waals surface area contributed by atoms with Crippen LogP contribution in [0.5, 0.6) is 0 Å². The highest BCUT2D eigenvalue weighted by Gasteiger charge is 2.30. The van der Waals surface area contributed by atoms with Crippen LogP contribution in [0, 0.1) is 0 Å². The van der Waals surface area contributed by atoms with Gasteiger partial charge < -0.3 is 10.6 Å². The Hall–Kier alpha value is -4.27. The summed E-state index contributed by atoms with van der Waals surface area (Å²) in [4.78, 5) is 33.6. The number of carbonyl (C=O) groups is 2. The average Bonchev–Trinajstić information content (AvgIpc) is 2.87.